The van der Waals surface area contributed by atoms with Crippen LogP contribution in [-0.2, 0) is 6.42 Å². The fourth-order valence-corrected chi connectivity index (χ4v) is 1.73. The van der Waals surface area contributed by atoms with Crippen molar-refractivity contribution in [2.75, 3.05) is 6.54 Å². The maximum absolute atomic E-state index is 13.1. The topological polar surface area (TPSA) is 26.0 Å². The molecule has 1 aromatic carbocycles. The van der Waals surface area contributed by atoms with Gasteiger partial charge in [0.15, 0.2) is 0 Å². The first-order valence-electron chi connectivity index (χ1n) is 5.49. The molecule has 0 aliphatic rings. The third-order valence-corrected chi connectivity index (χ3v) is 3.04. The highest BCUT2D eigenvalue weighted by molar-refractivity contribution is 5.27. The molecule has 0 fully saturated rings. The predicted octanol–water partition coefficient (Wildman–Crippen LogP) is 2.91. The Balaban J connectivity index is 2.82. The van der Waals surface area contributed by atoms with E-state index in [2.05, 4.69) is 13.8 Å². The molecule has 2 N–H and O–H groups in total. The Morgan fingerprint density at radius 1 is 1.33 bits per heavy atom. The summed E-state index contributed by atoms with van der Waals surface area (Å²) in [7, 11) is 0. The van der Waals surface area contributed by atoms with Crippen LogP contribution in [0.5, 0.6) is 0 Å². The lowest BCUT2D eigenvalue weighted by Gasteiger charge is -2.19. The minimum Gasteiger partial charge on any atom is -0.330 e. The lowest BCUT2D eigenvalue weighted by atomic mass is 9.88. The van der Waals surface area contributed by atoms with E-state index in [0.29, 0.717) is 18.4 Å². The molecule has 1 rings (SSSR count). The Kier molecular flexibility index (Phi) is 4.28. The van der Waals surface area contributed by atoms with Crippen molar-refractivity contribution in [2.45, 2.75) is 27.2 Å². The molecule has 0 aliphatic heterocycles. The third kappa shape index (κ3) is 3.31. The lowest BCUT2D eigenvalue weighted by Crippen LogP contribution is -2.22. The average molecular weight is 209 g/mol. The van der Waals surface area contributed by atoms with E-state index < -0.39 is 0 Å². The quantitative estimate of drug-likeness (QED) is 0.810. The van der Waals surface area contributed by atoms with Crippen LogP contribution >= 0.6 is 0 Å². The Labute approximate surface area is 91.5 Å². The standard InChI is InChI=1S/C13H20FN/c1-9(2)12(8-15)6-11-7-13(14)5-4-10(11)3/h4-5,7,9,12H,6,8,15H2,1-3H3. The highest BCUT2D eigenvalue weighted by atomic mass is 19.1. The van der Waals surface area contributed by atoms with Gasteiger partial charge in [0.2, 0.25) is 0 Å². The number of hydrogen-bond acceptors (Lipinski definition) is 1. The molecular weight excluding hydrogens is 189 g/mol. The summed E-state index contributed by atoms with van der Waals surface area (Å²) >= 11 is 0. The second kappa shape index (κ2) is 5.26. The van der Waals surface area contributed by atoms with Crippen molar-refractivity contribution in [3.63, 3.8) is 0 Å². The fourth-order valence-electron chi connectivity index (χ4n) is 1.73. The molecule has 1 atom stereocenters. The van der Waals surface area contributed by atoms with Crippen LogP contribution in [0.15, 0.2) is 18.2 Å². The molecule has 84 valence electrons. The summed E-state index contributed by atoms with van der Waals surface area (Å²) in [5, 5.41) is 0. The summed E-state index contributed by atoms with van der Waals surface area (Å²) in [6.07, 6.45) is 0.873. The first-order valence-corrected chi connectivity index (χ1v) is 5.49. The van der Waals surface area contributed by atoms with Gasteiger partial charge in [-0.15, -0.1) is 0 Å². The van der Waals surface area contributed by atoms with E-state index in [0.717, 1.165) is 17.5 Å². The van der Waals surface area contributed by atoms with E-state index in [-0.39, 0.29) is 5.82 Å². The largest absolute Gasteiger partial charge is 0.330 e. The molecule has 0 saturated heterocycles. The molecule has 15 heavy (non-hydrogen) atoms. The van der Waals surface area contributed by atoms with E-state index in [9.17, 15) is 4.39 Å². The van der Waals surface area contributed by atoms with Gasteiger partial charge in [-0.25, -0.2) is 4.39 Å². The van der Waals surface area contributed by atoms with Crippen molar-refractivity contribution in [3.05, 3.63) is 35.1 Å². The molecule has 0 aromatic heterocycles. The number of rotatable bonds is 4. The van der Waals surface area contributed by atoms with E-state index in [1.807, 2.05) is 13.0 Å². The number of aryl methyl sites for hydroxylation is 1. The second-order valence-electron chi connectivity index (χ2n) is 4.51. The number of halogens is 1. The number of nitrogens with two attached hydrogens (primary N) is 1. The van der Waals surface area contributed by atoms with Gasteiger partial charge in [0.25, 0.3) is 0 Å². The maximum Gasteiger partial charge on any atom is 0.123 e. The van der Waals surface area contributed by atoms with E-state index >= 15 is 0 Å². The third-order valence-electron chi connectivity index (χ3n) is 3.04. The Morgan fingerprint density at radius 2 is 2.00 bits per heavy atom. The van der Waals surface area contributed by atoms with Crippen LogP contribution in [0.25, 0.3) is 0 Å². The summed E-state index contributed by atoms with van der Waals surface area (Å²) in [6, 6.07) is 4.96. The van der Waals surface area contributed by atoms with Crippen LogP contribution in [-0.4, -0.2) is 6.54 Å². The summed E-state index contributed by atoms with van der Waals surface area (Å²) in [6.45, 7) is 6.99. The Bertz CT molecular complexity index is 320. The van der Waals surface area contributed by atoms with Crippen LogP contribution < -0.4 is 5.73 Å². The smallest absolute Gasteiger partial charge is 0.123 e. The van der Waals surface area contributed by atoms with Crippen molar-refractivity contribution in [1.29, 1.82) is 0 Å². The van der Waals surface area contributed by atoms with Gasteiger partial charge in [-0.05, 0) is 55.0 Å². The highest BCUT2D eigenvalue weighted by Crippen LogP contribution is 2.19. The Hall–Kier alpha value is -0.890. The zero-order chi connectivity index (χ0) is 11.4. The zero-order valence-corrected chi connectivity index (χ0v) is 9.76. The van der Waals surface area contributed by atoms with Crippen molar-refractivity contribution >= 4 is 0 Å². The molecule has 0 radical (unpaired) electrons. The van der Waals surface area contributed by atoms with Gasteiger partial charge in [-0.3, -0.25) is 0 Å². The van der Waals surface area contributed by atoms with Gasteiger partial charge >= 0.3 is 0 Å². The molecule has 0 amide bonds. The maximum atomic E-state index is 13.1. The second-order valence-corrected chi connectivity index (χ2v) is 4.51. The molecular formula is C13H20FN. The van der Waals surface area contributed by atoms with Crippen LogP contribution in [0.4, 0.5) is 4.39 Å². The molecule has 2 heteroatoms. The van der Waals surface area contributed by atoms with Crippen LogP contribution in [0.2, 0.25) is 0 Å². The first-order chi connectivity index (χ1) is 7.04. The van der Waals surface area contributed by atoms with Crippen LogP contribution in [0.3, 0.4) is 0 Å². The van der Waals surface area contributed by atoms with Crippen molar-refractivity contribution in [2.24, 2.45) is 17.6 Å². The van der Waals surface area contributed by atoms with Gasteiger partial charge in [0.05, 0.1) is 0 Å². The number of hydrogen-bond donors (Lipinski definition) is 1. The summed E-state index contributed by atoms with van der Waals surface area (Å²) in [5.41, 5.74) is 7.95. The predicted molar refractivity (Wildman–Crippen MR) is 62.2 cm³/mol. The van der Waals surface area contributed by atoms with Crippen LogP contribution in [0, 0.1) is 24.6 Å². The van der Waals surface area contributed by atoms with Gasteiger partial charge < -0.3 is 5.73 Å². The molecule has 0 saturated carbocycles. The van der Waals surface area contributed by atoms with Crippen molar-refractivity contribution in [3.8, 4) is 0 Å². The van der Waals surface area contributed by atoms with E-state index in [4.69, 9.17) is 5.73 Å². The molecule has 0 spiro atoms. The summed E-state index contributed by atoms with van der Waals surface area (Å²) in [4.78, 5) is 0. The van der Waals surface area contributed by atoms with E-state index in [1.54, 1.807) is 6.07 Å². The van der Waals surface area contributed by atoms with Gasteiger partial charge in [0, 0.05) is 0 Å². The van der Waals surface area contributed by atoms with Crippen molar-refractivity contribution in [1.82, 2.24) is 0 Å². The number of benzene rings is 1. The normalized spacial score (nSPS) is 13.2. The van der Waals surface area contributed by atoms with Gasteiger partial charge in [0.1, 0.15) is 5.82 Å². The molecule has 0 aliphatic carbocycles. The SMILES string of the molecule is Cc1ccc(F)cc1CC(CN)C(C)C. The van der Waals surface area contributed by atoms with Gasteiger partial charge in [-0.1, -0.05) is 19.9 Å². The monoisotopic (exact) mass is 209 g/mol. The molecule has 0 heterocycles. The molecule has 1 aromatic rings. The van der Waals surface area contributed by atoms with E-state index in [1.165, 1.54) is 6.07 Å². The molecule has 0 bridgehead atoms. The molecule has 1 nitrogen and oxygen atoms in total. The van der Waals surface area contributed by atoms with Crippen molar-refractivity contribution < 1.29 is 4.39 Å². The highest BCUT2D eigenvalue weighted by Gasteiger charge is 2.13. The van der Waals surface area contributed by atoms with Gasteiger partial charge in [-0.2, -0.15) is 0 Å². The Morgan fingerprint density at radius 3 is 2.53 bits per heavy atom. The summed E-state index contributed by atoms with van der Waals surface area (Å²) in [5.74, 6) is 0.818. The molecule has 1 unspecified atom stereocenters. The first kappa shape index (κ1) is 12.2. The van der Waals surface area contributed by atoms with Crippen LogP contribution in [0.1, 0.15) is 25.0 Å². The average Bonchev–Trinajstić information content (AvgIpc) is 2.18. The fraction of sp³-hybridized carbons (Fsp3) is 0.538. The minimum absolute atomic E-state index is 0.157. The zero-order valence-electron chi connectivity index (χ0n) is 9.76. The minimum atomic E-state index is -0.157. The lowest BCUT2D eigenvalue weighted by molar-refractivity contribution is 0.391. The summed E-state index contributed by atoms with van der Waals surface area (Å²) < 4.78 is 13.1.